The lowest BCUT2D eigenvalue weighted by molar-refractivity contribution is 0.178. The third-order valence-corrected chi connectivity index (χ3v) is 5.51. The lowest BCUT2D eigenvalue weighted by Crippen LogP contribution is -2.41. The highest BCUT2D eigenvalue weighted by molar-refractivity contribution is 5.84. The number of nitrogens with one attached hydrogen (secondary N) is 2. The van der Waals surface area contributed by atoms with Crippen molar-refractivity contribution in [3.63, 3.8) is 0 Å². The number of piperidine rings is 1. The molecule has 0 bridgehead atoms. The summed E-state index contributed by atoms with van der Waals surface area (Å²) in [6.07, 6.45) is 4.16. The molecule has 1 fully saturated rings. The van der Waals surface area contributed by atoms with Crippen molar-refractivity contribution in [2.45, 2.75) is 45.8 Å². The van der Waals surface area contributed by atoms with E-state index in [2.05, 4.69) is 53.3 Å². The highest BCUT2D eigenvalue weighted by Gasteiger charge is 2.19. The second-order valence-corrected chi connectivity index (χ2v) is 7.27. The Balaban J connectivity index is 1.30. The molecule has 3 heterocycles. The molecule has 0 atom stereocenters. The monoisotopic (exact) mass is 337 g/mol. The van der Waals surface area contributed by atoms with E-state index in [1.807, 2.05) is 6.07 Å². The topological polar surface area (TPSA) is 44.2 Å². The van der Waals surface area contributed by atoms with Crippen LogP contribution < -0.4 is 5.32 Å². The van der Waals surface area contributed by atoms with Crippen LogP contribution in [0.4, 0.5) is 0 Å². The molecular formula is C21H27N3O. The second kappa shape index (κ2) is 7.06. The van der Waals surface area contributed by atoms with Gasteiger partial charge in [-0.1, -0.05) is 6.07 Å². The average Bonchev–Trinajstić information content (AvgIpc) is 3.23. The number of fused-ring (bicyclic) bond motifs is 1. The number of hydrogen-bond donors (Lipinski definition) is 2. The molecule has 1 aliphatic rings. The van der Waals surface area contributed by atoms with Crippen LogP contribution in [0.5, 0.6) is 0 Å². The number of hydrogen-bond acceptors (Lipinski definition) is 3. The Bertz CT molecular complexity index is 826. The number of benzene rings is 1. The Morgan fingerprint density at radius 2 is 2.04 bits per heavy atom. The van der Waals surface area contributed by atoms with Crippen LogP contribution in [-0.2, 0) is 13.1 Å². The Hall–Kier alpha value is -2.04. The summed E-state index contributed by atoms with van der Waals surface area (Å²) in [7, 11) is 0. The van der Waals surface area contributed by atoms with Crippen LogP contribution in [0.15, 0.2) is 41.0 Å². The molecule has 0 amide bonds. The fourth-order valence-corrected chi connectivity index (χ4v) is 3.80. The minimum atomic E-state index is 0.609. The van der Waals surface area contributed by atoms with Crippen molar-refractivity contribution in [1.82, 2.24) is 15.2 Å². The van der Waals surface area contributed by atoms with E-state index in [0.29, 0.717) is 6.04 Å². The van der Waals surface area contributed by atoms with Gasteiger partial charge in [-0.15, -0.1) is 0 Å². The lowest BCUT2D eigenvalue weighted by Gasteiger charge is -2.32. The zero-order valence-electron chi connectivity index (χ0n) is 15.1. The zero-order chi connectivity index (χ0) is 17.2. The van der Waals surface area contributed by atoms with Crippen LogP contribution in [-0.4, -0.2) is 29.0 Å². The first-order valence-corrected chi connectivity index (χ1v) is 9.25. The smallest absolute Gasteiger partial charge is 0.117 e. The molecule has 1 aliphatic heterocycles. The van der Waals surface area contributed by atoms with Gasteiger partial charge in [0, 0.05) is 42.3 Å². The van der Waals surface area contributed by atoms with Crippen molar-refractivity contribution in [3.05, 3.63) is 59.2 Å². The minimum Gasteiger partial charge on any atom is -0.468 e. The van der Waals surface area contributed by atoms with Crippen molar-refractivity contribution in [2.24, 2.45) is 0 Å². The van der Waals surface area contributed by atoms with E-state index >= 15 is 0 Å². The maximum absolute atomic E-state index is 5.46. The third-order valence-electron chi connectivity index (χ3n) is 5.51. The molecule has 0 unspecified atom stereocenters. The first kappa shape index (κ1) is 16.4. The molecule has 2 N–H and O–H groups in total. The van der Waals surface area contributed by atoms with Gasteiger partial charge in [0.15, 0.2) is 0 Å². The fraction of sp³-hybridized carbons (Fsp3) is 0.429. The van der Waals surface area contributed by atoms with Crippen molar-refractivity contribution in [3.8, 4) is 0 Å². The molecule has 1 aromatic carbocycles. The molecule has 4 heteroatoms. The van der Waals surface area contributed by atoms with Gasteiger partial charge in [-0.3, -0.25) is 4.90 Å². The summed E-state index contributed by atoms with van der Waals surface area (Å²) in [6.45, 7) is 8.48. The van der Waals surface area contributed by atoms with E-state index in [1.165, 1.54) is 40.6 Å². The SMILES string of the molecule is Cc1[nH]c2ccc(CNC3CCN(Cc4ccco4)CC3)cc2c1C. The van der Waals surface area contributed by atoms with Crippen LogP contribution in [0.2, 0.25) is 0 Å². The van der Waals surface area contributed by atoms with E-state index in [9.17, 15) is 0 Å². The van der Waals surface area contributed by atoms with Gasteiger partial charge < -0.3 is 14.7 Å². The van der Waals surface area contributed by atoms with Gasteiger partial charge in [0.1, 0.15) is 5.76 Å². The van der Waals surface area contributed by atoms with Gasteiger partial charge in [0.05, 0.1) is 12.8 Å². The minimum absolute atomic E-state index is 0.609. The first-order chi connectivity index (χ1) is 12.2. The van der Waals surface area contributed by atoms with E-state index in [1.54, 1.807) is 6.26 Å². The van der Waals surface area contributed by atoms with Crippen LogP contribution >= 0.6 is 0 Å². The van der Waals surface area contributed by atoms with Gasteiger partial charge >= 0.3 is 0 Å². The van der Waals surface area contributed by atoms with E-state index in [4.69, 9.17) is 4.42 Å². The van der Waals surface area contributed by atoms with Crippen molar-refractivity contribution in [1.29, 1.82) is 0 Å². The molecule has 132 valence electrons. The molecule has 4 rings (SSSR count). The molecule has 0 radical (unpaired) electrons. The van der Waals surface area contributed by atoms with Crippen molar-refractivity contribution >= 4 is 10.9 Å². The Kier molecular flexibility index (Phi) is 4.64. The second-order valence-electron chi connectivity index (χ2n) is 7.27. The number of aromatic amines is 1. The number of likely N-dealkylation sites (tertiary alicyclic amines) is 1. The molecule has 2 aromatic heterocycles. The molecule has 3 aromatic rings. The first-order valence-electron chi connectivity index (χ1n) is 9.25. The molecule has 0 saturated carbocycles. The molecule has 0 spiro atoms. The highest BCUT2D eigenvalue weighted by Crippen LogP contribution is 2.22. The van der Waals surface area contributed by atoms with Gasteiger partial charge in [-0.25, -0.2) is 0 Å². The molecule has 0 aliphatic carbocycles. The fourth-order valence-electron chi connectivity index (χ4n) is 3.80. The number of nitrogens with zero attached hydrogens (tertiary/aromatic N) is 1. The van der Waals surface area contributed by atoms with Crippen molar-refractivity contribution in [2.75, 3.05) is 13.1 Å². The summed E-state index contributed by atoms with van der Waals surface area (Å²) in [5.74, 6) is 1.07. The lowest BCUT2D eigenvalue weighted by atomic mass is 10.0. The maximum atomic E-state index is 5.46. The van der Waals surface area contributed by atoms with Crippen LogP contribution in [0, 0.1) is 13.8 Å². The standard InChI is InChI=1S/C21H27N3O/c1-15-16(2)23-21-6-5-17(12-20(15)21)13-22-18-7-9-24(10-8-18)14-19-4-3-11-25-19/h3-6,11-12,18,22-23H,7-10,13-14H2,1-2H3. The Morgan fingerprint density at radius 1 is 1.20 bits per heavy atom. The number of furan rings is 1. The van der Waals surface area contributed by atoms with Crippen LogP contribution in [0.3, 0.4) is 0 Å². The molecule has 4 nitrogen and oxygen atoms in total. The molecule has 25 heavy (non-hydrogen) atoms. The summed E-state index contributed by atoms with van der Waals surface area (Å²) < 4.78 is 5.46. The summed E-state index contributed by atoms with van der Waals surface area (Å²) in [4.78, 5) is 5.93. The Morgan fingerprint density at radius 3 is 2.80 bits per heavy atom. The number of H-pyrrole nitrogens is 1. The summed E-state index contributed by atoms with van der Waals surface area (Å²) >= 11 is 0. The zero-order valence-corrected chi connectivity index (χ0v) is 15.1. The van der Waals surface area contributed by atoms with E-state index < -0.39 is 0 Å². The van der Waals surface area contributed by atoms with Crippen LogP contribution in [0.1, 0.15) is 35.4 Å². The van der Waals surface area contributed by atoms with Crippen LogP contribution in [0.25, 0.3) is 10.9 Å². The number of aromatic nitrogens is 1. The van der Waals surface area contributed by atoms with Gasteiger partial charge in [-0.05, 0) is 62.1 Å². The highest BCUT2D eigenvalue weighted by atomic mass is 16.3. The maximum Gasteiger partial charge on any atom is 0.117 e. The van der Waals surface area contributed by atoms with Gasteiger partial charge in [0.2, 0.25) is 0 Å². The quantitative estimate of drug-likeness (QED) is 0.736. The predicted octanol–water partition coefficient (Wildman–Crippen LogP) is 4.13. The summed E-state index contributed by atoms with van der Waals surface area (Å²) in [5, 5.41) is 5.10. The van der Waals surface area contributed by atoms with Gasteiger partial charge in [0.25, 0.3) is 0 Å². The molecule has 1 saturated heterocycles. The average molecular weight is 337 g/mol. The number of aryl methyl sites for hydroxylation is 2. The van der Waals surface area contributed by atoms with E-state index in [-0.39, 0.29) is 0 Å². The normalized spacial score (nSPS) is 16.7. The largest absolute Gasteiger partial charge is 0.468 e. The predicted molar refractivity (Wildman–Crippen MR) is 102 cm³/mol. The van der Waals surface area contributed by atoms with E-state index in [0.717, 1.165) is 31.9 Å². The number of rotatable bonds is 5. The van der Waals surface area contributed by atoms with Gasteiger partial charge in [-0.2, -0.15) is 0 Å². The Labute approximate surface area is 149 Å². The third kappa shape index (κ3) is 3.65. The summed E-state index contributed by atoms with van der Waals surface area (Å²) in [6, 6.07) is 11.4. The van der Waals surface area contributed by atoms with Crippen molar-refractivity contribution < 1.29 is 4.42 Å². The summed E-state index contributed by atoms with van der Waals surface area (Å²) in [5.41, 5.74) is 5.24. The molecular weight excluding hydrogens is 310 g/mol.